The maximum atomic E-state index is 13.6. The van der Waals surface area contributed by atoms with Crippen LogP contribution < -0.4 is 14.4 Å². The van der Waals surface area contributed by atoms with Gasteiger partial charge in [-0.2, -0.15) is 0 Å². The molecule has 0 N–H and O–H groups in total. The van der Waals surface area contributed by atoms with Crippen molar-refractivity contribution in [1.82, 2.24) is 0 Å². The van der Waals surface area contributed by atoms with E-state index in [0.29, 0.717) is 54.6 Å². The first kappa shape index (κ1) is 27.2. The molecule has 0 aromatic heterocycles. The predicted molar refractivity (Wildman–Crippen MR) is 162 cm³/mol. The predicted octanol–water partition coefficient (Wildman–Crippen LogP) is 9.04. The van der Waals surface area contributed by atoms with Gasteiger partial charge < -0.3 is 9.47 Å². The topological polar surface area (TPSA) is 51.1 Å². The second-order valence-electron chi connectivity index (χ2n) is 8.39. The van der Waals surface area contributed by atoms with Crippen LogP contribution in [0.5, 0.6) is 11.5 Å². The smallest absolute Gasteiger partial charge is 0.271 e. The Morgan fingerprint density at radius 3 is 2.26 bits per heavy atom. The molecule has 9 heteroatoms. The number of hydrogen-bond donors (Lipinski definition) is 0. The summed E-state index contributed by atoms with van der Waals surface area (Å²) in [6, 6.07) is 27.2. The molecule has 1 saturated heterocycles. The quantitative estimate of drug-likeness (QED) is 0.200. The van der Waals surface area contributed by atoms with Crippen molar-refractivity contribution in [2.24, 2.45) is 4.99 Å². The minimum absolute atomic E-state index is 0.201. The molecule has 0 saturated carbocycles. The van der Waals surface area contributed by atoms with E-state index in [1.165, 1.54) is 11.8 Å². The number of carbonyl (C=O) groups is 1. The number of carbonyl (C=O) groups excluding carboxylic acids is 1. The number of nitrogens with zero attached hydrogens (tertiary/aromatic N) is 2. The maximum absolute atomic E-state index is 13.6. The van der Waals surface area contributed by atoms with Crippen molar-refractivity contribution in [3.63, 3.8) is 0 Å². The highest BCUT2D eigenvalue weighted by Crippen LogP contribution is 2.39. The summed E-state index contributed by atoms with van der Waals surface area (Å²) in [7, 11) is 1.57. The van der Waals surface area contributed by atoms with Crippen LogP contribution >= 0.6 is 46.6 Å². The molecule has 1 fully saturated rings. The zero-order valence-electron chi connectivity index (χ0n) is 20.6. The van der Waals surface area contributed by atoms with Crippen molar-refractivity contribution in [2.45, 2.75) is 6.61 Å². The van der Waals surface area contributed by atoms with E-state index in [4.69, 9.17) is 49.3 Å². The molecule has 0 radical (unpaired) electrons. The fraction of sp³-hybridized carbons (Fsp3) is 0.0667. The second-order valence-corrected chi connectivity index (χ2v) is 10.7. The lowest BCUT2D eigenvalue weighted by Gasteiger charge is -2.15. The van der Waals surface area contributed by atoms with E-state index in [0.717, 1.165) is 11.1 Å². The van der Waals surface area contributed by atoms with Gasteiger partial charge >= 0.3 is 0 Å². The molecule has 1 aliphatic heterocycles. The van der Waals surface area contributed by atoms with E-state index >= 15 is 0 Å². The number of amidine groups is 1. The number of amides is 1. The fourth-order valence-corrected chi connectivity index (χ4v) is 5.25. The van der Waals surface area contributed by atoms with Gasteiger partial charge in [0.05, 0.1) is 23.4 Å². The van der Waals surface area contributed by atoms with Crippen LogP contribution in [0.25, 0.3) is 6.08 Å². The monoisotopic (exact) mass is 594 g/mol. The Labute approximate surface area is 245 Å². The minimum atomic E-state index is -0.201. The third-order valence-electron chi connectivity index (χ3n) is 5.77. The van der Waals surface area contributed by atoms with Crippen LogP contribution in [0.3, 0.4) is 0 Å². The number of halogens is 3. The Bertz CT molecular complexity index is 1570. The van der Waals surface area contributed by atoms with Crippen LogP contribution in [0, 0.1) is 0 Å². The highest BCUT2D eigenvalue weighted by atomic mass is 35.5. The van der Waals surface area contributed by atoms with Gasteiger partial charge in [0.2, 0.25) is 0 Å². The van der Waals surface area contributed by atoms with Gasteiger partial charge in [-0.1, -0.05) is 59.1 Å². The lowest BCUT2D eigenvalue weighted by atomic mass is 10.1. The number of methoxy groups -OCH3 is 1. The Kier molecular flexibility index (Phi) is 8.48. The molecule has 4 aromatic carbocycles. The molecule has 0 unspecified atom stereocenters. The molecule has 4 aromatic rings. The molecule has 0 spiro atoms. The van der Waals surface area contributed by atoms with Crippen LogP contribution in [0.1, 0.15) is 11.1 Å². The number of thioether (sulfide) groups is 1. The first-order valence-corrected chi connectivity index (χ1v) is 13.7. The largest absolute Gasteiger partial charge is 0.493 e. The van der Waals surface area contributed by atoms with Crippen LogP contribution in [0.15, 0.2) is 101 Å². The van der Waals surface area contributed by atoms with Crippen molar-refractivity contribution < 1.29 is 14.3 Å². The van der Waals surface area contributed by atoms with Crippen molar-refractivity contribution in [2.75, 3.05) is 12.0 Å². The van der Waals surface area contributed by atoms with Crippen molar-refractivity contribution in [3.05, 3.63) is 122 Å². The first-order valence-electron chi connectivity index (χ1n) is 11.8. The number of aliphatic imine (C=N–C) groups is 1. The maximum Gasteiger partial charge on any atom is 0.271 e. The zero-order chi connectivity index (χ0) is 27.4. The first-order chi connectivity index (χ1) is 18.9. The summed E-state index contributed by atoms with van der Waals surface area (Å²) in [6.07, 6.45) is 1.81. The van der Waals surface area contributed by atoms with Gasteiger partial charge in [0.15, 0.2) is 16.7 Å². The van der Waals surface area contributed by atoms with Gasteiger partial charge in [-0.3, -0.25) is 9.69 Å². The van der Waals surface area contributed by atoms with Gasteiger partial charge in [-0.05, 0) is 90.1 Å². The molecule has 1 aliphatic rings. The summed E-state index contributed by atoms with van der Waals surface area (Å²) in [5, 5.41) is 2.34. The molecule has 0 bridgehead atoms. The average molecular weight is 596 g/mol. The summed E-state index contributed by atoms with van der Waals surface area (Å²) in [4.78, 5) is 20.4. The molecule has 0 atom stereocenters. The lowest BCUT2D eigenvalue weighted by molar-refractivity contribution is -0.113. The Hall–Kier alpha value is -3.42. The van der Waals surface area contributed by atoms with E-state index in [-0.39, 0.29) is 5.91 Å². The Morgan fingerprint density at radius 1 is 0.872 bits per heavy atom. The third kappa shape index (κ3) is 6.43. The number of rotatable bonds is 7. The fourth-order valence-electron chi connectivity index (χ4n) is 3.81. The molecule has 5 nitrogen and oxygen atoms in total. The summed E-state index contributed by atoms with van der Waals surface area (Å²) in [6.45, 7) is 0.297. The van der Waals surface area contributed by atoms with Crippen LogP contribution in [-0.4, -0.2) is 18.2 Å². The normalized spacial score (nSPS) is 15.3. The zero-order valence-corrected chi connectivity index (χ0v) is 23.7. The third-order valence-corrected chi connectivity index (χ3v) is 7.61. The SMILES string of the molecule is COc1cc(/C=C2\SC(=Nc3ccc(Cl)cc3)N(c3ccc(Cl)cc3)C2=O)ccc1OCc1ccccc1Cl. The van der Waals surface area contributed by atoms with Gasteiger partial charge in [0.25, 0.3) is 5.91 Å². The average Bonchev–Trinajstić information content (AvgIpc) is 3.24. The summed E-state index contributed by atoms with van der Waals surface area (Å²) < 4.78 is 11.5. The van der Waals surface area contributed by atoms with Gasteiger partial charge in [-0.15, -0.1) is 0 Å². The number of ether oxygens (including phenoxy) is 2. The van der Waals surface area contributed by atoms with Gasteiger partial charge in [0.1, 0.15) is 6.61 Å². The van der Waals surface area contributed by atoms with Crippen molar-refractivity contribution >= 4 is 75.1 Å². The van der Waals surface area contributed by atoms with Crippen LogP contribution in [0.2, 0.25) is 15.1 Å². The van der Waals surface area contributed by atoms with Gasteiger partial charge in [-0.25, -0.2) is 4.99 Å². The molecular formula is C30H21Cl3N2O3S. The number of hydrogen-bond acceptors (Lipinski definition) is 5. The van der Waals surface area contributed by atoms with Gasteiger partial charge in [0, 0.05) is 20.6 Å². The second kappa shape index (κ2) is 12.2. The standard InChI is InChI=1S/C30H21Cl3N2O3S/c1-37-27-16-19(6-15-26(27)38-18-20-4-2-3-5-25(20)33)17-28-29(36)35(24-13-9-22(32)10-14-24)30(39-28)34-23-11-7-21(31)8-12-23/h2-17H,18H2,1H3/b28-17-,34-30?. The highest BCUT2D eigenvalue weighted by Gasteiger charge is 2.34. The minimum Gasteiger partial charge on any atom is -0.493 e. The molecular weight excluding hydrogens is 575 g/mol. The van der Waals surface area contributed by atoms with E-state index in [1.54, 1.807) is 66.6 Å². The lowest BCUT2D eigenvalue weighted by Crippen LogP contribution is -2.28. The molecule has 39 heavy (non-hydrogen) atoms. The molecule has 1 heterocycles. The van der Waals surface area contributed by atoms with E-state index in [9.17, 15) is 4.79 Å². The van der Waals surface area contributed by atoms with Crippen LogP contribution in [-0.2, 0) is 11.4 Å². The molecule has 0 aliphatic carbocycles. The van der Waals surface area contributed by atoms with Crippen LogP contribution in [0.4, 0.5) is 11.4 Å². The Morgan fingerprint density at radius 2 is 1.56 bits per heavy atom. The van der Waals surface area contributed by atoms with Crippen molar-refractivity contribution in [1.29, 1.82) is 0 Å². The molecule has 5 rings (SSSR count). The van der Waals surface area contributed by atoms with Crippen molar-refractivity contribution in [3.8, 4) is 11.5 Å². The van der Waals surface area contributed by atoms with E-state index in [1.807, 2.05) is 42.5 Å². The summed E-state index contributed by atoms with van der Waals surface area (Å²) >= 11 is 19.7. The Balaban J connectivity index is 1.44. The molecule has 196 valence electrons. The highest BCUT2D eigenvalue weighted by molar-refractivity contribution is 8.19. The number of anilines is 1. The summed E-state index contributed by atoms with van der Waals surface area (Å²) in [5.74, 6) is 0.905. The van der Waals surface area contributed by atoms with E-state index < -0.39 is 0 Å². The molecule has 1 amide bonds. The van der Waals surface area contributed by atoms with E-state index in [2.05, 4.69) is 0 Å². The summed E-state index contributed by atoms with van der Waals surface area (Å²) in [5.41, 5.74) is 2.98. The number of benzene rings is 4.